The molecular formula is C13H20IN3S2. The number of anilines is 1. The van der Waals surface area contributed by atoms with E-state index in [1.165, 1.54) is 0 Å². The SMILES string of the molecule is CCNc1nc(C2CSC(C)C(C)S2)nc(C)c1I. The molecule has 3 unspecified atom stereocenters. The third-order valence-electron chi connectivity index (χ3n) is 3.22. The van der Waals surface area contributed by atoms with Crippen LogP contribution in [-0.4, -0.2) is 32.8 Å². The molecule has 0 spiro atoms. The van der Waals surface area contributed by atoms with E-state index in [1.54, 1.807) is 0 Å². The highest BCUT2D eigenvalue weighted by Crippen LogP contribution is 2.43. The molecule has 19 heavy (non-hydrogen) atoms. The Kier molecular flexibility index (Phi) is 5.65. The van der Waals surface area contributed by atoms with Gasteiger partial charge in [-0.2, -0.15) is 11.8 Å². The van der Waals surface area contributed by atoms with Gasteiger partial charge in [-0.3, -0.25) is 0 Å². The zero-order valence-corrected chi connectivity index (χ0v) is 15.5. The van der Waals surface area contributed by atoms with E-state index >= 15 is 0 Å². The van der Waals surface area contributed by atoms with E-state index in [4.69, 9.17) is 9.97 Å². The fourth-order valence-corrected chi connectivity index (χ4v) is 5.20. The number of hydrogen-bond donors (Lipinski definition) is 1. The van der Waals surface area contributed by atoms with Crippen LogP contribution < -0.4 is 5.32 Å². The highest BCUT2D eigenvalue weighted by molar-refractivity contribution is 14.1. The van der Waals surface area contributed by atoms with Gasteiger partial charge in [0.15, 0.2) is 0 Å². The number of aromatic nitrogens is 2. The van der Waals surface area contributed by atoms with Gasteiger partial charge in [0.2, 0.25) is 0 Å². The molecule has 1 saturated heterocycles. The summed E-state index contributed by atoms with van der Waals surface area (Å²) in [6.07, 6.45) is 0. The van der Waals surface area contributed by atoms with Crippen LogP contribution in [0.4, 0.5) is 5.82 Å². The molecule has 1 aliphatic rings. The van der Waals surface area contributed by atoms with Crippen LogP contribution in [0.3, 0.4) is 0 Å². The van der Waals surface area contributed by atoms with Gasteiger partial charge in [-0.25, -0.2) is 9.97 Å². The molecule has 6 heteroatoms. The topological polar surface area (TPSA) is 37.8 Å². The van der Waals surface area contributed by atoms with Crippen molar-refractivity contribution in [3.05, 3.63) is 15.1 Å². The first-order valence-corrected chi connectivity index (χ1v) is 9.65. The normalized spacial score (nSPS) is 27.3. The van der Waals surface area contributed by atoms with Gasteiger partial charge in [-0.15, -0.1) is 11.8 Å². The van der Waals surface area contributed by atoms with Crippen molar-refractivity contribution in [1.29, 1.82) is 0 Å². The summed E-state index contributed by atoms with van der Waals surface area (Å²) >= 11 is 6.37. The van der Waals surface area contributed by atoms with Gasteiger partial charge in [-0.05, 0) is 36.4 Å². The highest BCUT2D eigenvalue weighted by Gasteiger charge is 2.29. The van der Waals surface area contributed by atoms with Crippen molar-refractivity contribution in [1.82, 2.24) is 9.97 Å². The average Bonchev–Trinajstić information content (AvgIpc) is 2.38. The van der Waals surface area contributed by atoms with Gasteiger partial charge in [-0.1, -0.05) is 13.8 Å². The summed E-state index contributed by atoms with van der Waals surface area (Å²) < 4.78 is 1.14. The summed E-state index contributed by atoms with van der Waals surface area (Å²) in [4.78, 5) is 9.45. The van der Waals surface area contributed by atoms with Gasteiger partial charge in [0, 0.05) is 22.8 Å². The predicted octanol–water partition coefficient (Wildman–Crippen LogP) is 4.12. The Balaban J connectivity index is 2.25. The van der Waals surface area contributed by atoms with Crippen LogP contribution >= 0.6 is 46.1 Å². The minimum atomic E-state index is 0.421. The minimum Gasteiger partial charge on any atom is -0.369 e. The van der Waals surface area contributed by atoms with Crippen LogP contribution in [0, 0.1) is 10.5 Å². The number of rotatable bonds is 3. The molecule has 1 fully saturated rings. The third kappa shape index (κ3) is 3.69. The zero-order valence-electron chi connectivity index (χ0n) is 11.7. The maximum atomic E-state index is 4.74. The van der Waals surface area contributed by atoms with E-state index in [1.807, 2.05) is 23.5 Å². The summed E-state index contributed by atoms with van der Waals surface area (Å²) in [5.74, 6) is 3.09. The van der Waals surface area contributed by atoms with Gasteiger partial charge in [0.05, 0.1) is 14.5 Å². The van der Waals surface area contributed by atoms with Crippen LogP contribution in [0.15, 0.2) is 0 Å². The van der Waals surface area contributed by atoms with Gasteiger partial charge >= 0.3 is 0 Å². The predicted molar refractivity (Wildman–Crippen MR) is 95.4 cm³/mol. The second kappa shape index (κ2) is 6.85. The first-order valence-electron chi connectivity index (χ1n) is 6.57. The smallest absolute Gasteiger partial charge is 0.144 e. The molecule has 3 nitrogen and oxygen atoms in total. The average molecular weight is 409 g/mol. The van der Waals surface area contributed by atoms with E-state index < -0.39 is 0 Å². The van der Waals surface area contributed by atoms with Gasteiger partial charge in [0.1, 0.15) is 11.6 Å². The molecule has 0 radical (unpaired) electrons. The Morgan fingerprint density at radius 2 is 2.05 bits per heavy atom. The van der Waals surface area contributed by atoms with Gasteiger partial charge in [0.25, 0.3) is 0 Å². The van der Waals surface area contributed by atoms with E-state index in [-0.39, 0.29) is 0 Å². The first-order chi connectivity index (χ1) is 9.02. The van der Waals surface area contributed by atoms with Crippen LogP contribution in [0.5, 0.6) is 0 Å². The Labute approximate surface area is 137 Å². The monoisotopic (exact) mass is 409 g/mol. The van der Waals surface area contributed by atoms with Crippen LogP contribution in [0.2, 0.25) is 0 Å². The summed E-state index contributed by atoms with van der Waals surface area (Å²) in [5, 5.41) is 5.15. The lowest BCUT2D eigenvalue weighted by Crippen LogP contribution is -2.23. The van der Waals surface area contributed by atoms with Crippen molar-refractivity contribution in [2.45, 2.75) is 43.4 Å². The summed E-state index contributed by atoms with van der Waals surface area (Å²) in [6, 6.07) is 0. The third-order valence-corrected chi connectivity index (χ3v) is 7.89. The lowest BCUT2D eigenvalue weighted by molar-refractivity contribution is 0.849. The number of hydrogen-bond acceptors (Lipinski definition) is 5. The molecule has 0 bridgehead atoms. The number of aryl methyl sites for hydroxylation is 1. The summed E-state index contributed by atoms with van der Waals surface area (Å²) in [7, 11) is 0. The van der Waals surface area contributed by atoms with Crippen molar-refractivity contribution >= 4 is 51.9 Å². The standard InChI is InChI=1S/C13H20IN3S2/c1-5-15-13-11(14)7(2)16-12(17-13)10-6-18-8(3)9(4)19-10/h8-10H,5-6H2,1-4H3,(H,15,16,17). The lowest BCUT2D eigenvalue weighted by Gasteiger charge is -2.30. The van der Waals surface area contributed by atoms with E-state index in [9.17, 15) is 0 Å². The minimum absolute atomic E-state index is 0.421. The lowest BCUT2D eigenvalue weighted by atomic mass is 10.3. The number of thioether (sulfide) groups is 2. The molecule has 1 aromatic rings. The molecule has 0 aliphatic carbocycles. The second-order valence-corrected chi connectivity index (χ2v) is 8.80. The molecule has 0 aromatic carbocycles. The quantitative estimate of drug-likeness (QED) is 0.761. The molecule has 1 aromatic heterocycles. The van der Waals surface area contributed by atoms with Crippen molar-refractivity contribution < 1.29 is 0 Å². The molecular weight excluding hydrogens is 389 g/mol. The number of halogens is 1. The molecule has 2 rings (SSSR count). The Hall–Kier alpha value is 0.310. The Bertz CT molecular complexity index is 456. The van der Waals surface area contributed by atoms with Crippen LogP contribution in [0.1, 0.15) is 37.5 Å². The van der Waals surface area contributed by atoms with E-state index in [0.29, 0.717) is 10.5 Å². The Morgan fingerprint density at radius 3 is 2.68 bits per heavy atom. The molecule has 1 N–H and O–H groups in total. The molecule has 0 saturated carbocycles. The largest absolute Gasteiger partial charge is 0.369 e. The maximum Gasteiger partial charge on any atom is 0.144 e. The molecule has 106 valence electrons. The van der Waals surface area contributed by atoms with Crippen molar-refractivity contribution in [2.24, 2.45) is 0 Å². The first kappa shape index (κ1) is 15.7. The molecule has 0 amide bonds. The second-order valence-electron chi connectivity index (χ2n) is 4.73. The summed E-state index contributed by atoms with van der Waals surface area (Å²) in [5.41, 5.74) is 1.08. The molecule has 3 atom stereocenters. The van der Waals surface area contributed by atoms with Crippen LogP contribution in [-0.2, 0) is 0 Å². The fraction of sp³-hybridized carbons (Fsp3) is 0.692. The van der Waals surface area contributed by atoms with E-state index in [0.717, 1.165) is 38.5 Å². The van der Waals surface area contributed by atoms with Crippen LogP contribution in [0.25, 0.3) is 0 Å². The van der Waals surface area contributed by atoms with Gasteiger partial charge < -0.3 is 5.32 Å². The number of nitrogens with zero attached hydrogens (tertiary/aromatic N) is 2. The summed E-state index contributed by atoms with van der Waals surface area (Å²) in [6.45, 7) is 9.68. The molecule has 1 aliphatic heterocycles. The van der Waals surface area contributed by atoms with E-state index in [2.05, 4.69) is 55.6 Å². The molecule has 2 heterocycles. The van der Waals surface area contributed by atoms with Crippen molar-refractivity contribution in [3.8, 4) is 0 Å². The Morgan fingerprint density at radius 1 is 1.32 bits per heavy atom. The van der Waals surface area contributed by atoms with Crippen molar-refractivity contribution in [3.63, 3.8) is 0 Å². The maximum absolute atomic E-state index is 4.74. The highest BCUT2D eigenvalue weighted by atomic mass is 127. The number of nitrogens with one attached hydrogen (secondary N) is 1. The zero-order chi connectivity index (χ0) is 14.0. The van der Waals surface area contributed by atoms with Crippen molar-refractivity contribution in [2.75, 3.05) is 17.6 Å². The fourth-order valence-electron chi connectivity index (χ4n) is 1.93.